The van der Waals surface area contributed by atoms with Gasteiger partial charge in [0.25, 0.3) is 0 Å². The lowest BCUT2D eigenvalue weighted by atomic mass is 10.0. The van der Waals surface area contributed by atoms with Gasteiger partial charge in [-0.15, -0.1) is 0 Å². The molecule has 0 heterocycles. The van der Waals surface area contributed by atoms with Crippen LogP contribution in [-0.4, -0.2) is 0 Å². The Hall–Kier alpha value is 1.01. The summed E-state index contributed by atoms with van der Waals surface area (Å²) >= 11 is 9.58. The van der Waals surface area contributed by atoms with Crippen molar-refractivity contribution in [2.75, 3.05) is 0 Å². The van der Waals surface area contributed by atoms with Crippen LogP contribution >= 0.6 is 29.8 Å². The fraction of sp³-hybridized carbons (Fsp3) is 1.00. The number of hydrogen-bond donors (Lipinski definition) is 0. The van der Waals surface area contributed by atoms with Gasteiger partial charge in [-0.2, -0.15) is 0 Å². The minimum absolute atomic E-state index is 0.0278. The van der Waals surface area contributed by atoms with Crippen molar-refractivity contribution in [2.24, 2.45) is 0 Å². The molecule has 0 radical (unpaired) electrons. The minimum atomic E-state index is 0.0278. The van der Waals surface area contributed by atoms with Crippen LogP contribution in [0.4, 0.5) is 0 Å². The van der Waals surface area contributed by atoms with Crippen LogP contribution in [0.15, 0.2) is 0 Å². The first-order chi connectivity index (χ1) is 9.33. The van der Waals surface area contributed by atoms with Crippen molar-refractivity contribution in [1.82, 2.24) is 0 Å². The van der Waals surface area contributed by atoms with Crippen LogP contribution < -0.4 is 0 Å². The van der Waals surface area contributed by atoms with Gasteiger partial charge < -0.3 is 0 Å². The van der Waals surface area contributed by atoms with E-state index >= 15 is 0 Å². The van der Waals surface area contributed by atoms with Gasteiger partial charge in [-0.05, 0) is 0 Å². The zero-order valence-corrected chi connectivity index (χ0v) is 15.7. The van der Waals surface area contributed by atoms with Gasteiger partial charge in [0, 0.05) is 0 Å². The molecule has 0 atom stereocenters. The Morgan fingerprint density at radius 3 is 0.789 bits per heavy atom. The number of hydrogen-bond acceptors (Lipinski definition) is 0. The van der Waals surface area contributed by atoms with Crippen LogP contribution in [-0.2, 0) is 0 Å². The molecule has 0 spiro atoms. The van der Waals surface area contributed by atoms with Crippen LogP contribution in [0, 0.1) is 0 Å². The molecule has 0 aromatic rings. The molecular weight excluding hydrogens is 294 g/mol. The lowest BCUT2D eigenvalue weighted by Crippen LogP contribution is -1.82. The second kappa shape index (κ2) is 24.1. The summed E-state index contributed by atoms with van der Waals surface area (Å²) in [5, 5.41) is 0. The van der Waals surface area contributed by atoms with E-state index in [1.807, 2.05) is 0 Å². The second-order valence-corrected chi connectivity index (χ2v) is 7.17. The van der Waals surface area contributed by atoms with E-state index in [9.17, 15) is 0 Å². The molecule has 0 aromatic heterocycles. The van der Waals surface area contributed by atoms with E-state index < -0.39 is 0 Å². The Bertz CT molecular complexity index is 118. The van der Waals surface area contributed by atoms with E-state index in [1.54, 1.807) is 0 Å². The summed E-state index contributed by atoms with van der Waals surface area (Å²) in [5.74, 6) is 0. The van der Waals surface area contributed by atoms with Crippen LogP contribution in [0.5, 0.6) is 0 Å². The Morgan fingerprint density at radius 2 is 0.632 bits per heavy atom. The summed E-state index contributed by atoms with van der Waals surface area (Å²) in [6.07, 6.45) is 20.4. The fourth-order valence-corrected chi connectivity index (χ4v) is 2.27. The van der Waals surface area contributed by atoms with Crippen LogP contribution in [0.3, 0.4) is 0 Å². The van der Waals surface area contributed by atoms with Crippen LogP contribution in [0.2, 0.25) is 0 Å². The summed E-state index contributed by atoms with van der Waals surface area (Å²) in [4.78, 5) is 0. The first-order valence-electron chi connectivity index (χ1n) is 8.29. The van der Waals surface area contributed by atoms with Crippen molar-refractivity contribution in [3.8, 4) is 0 Å². The quantitative estimate of drug-likeness (QED) is 0.235. The third-order valence-corrected chi connectivity index (χ3v) is 3.46. The summed E-state index contributed by atoms with van der Waals surface area (Å²) < 4.78 is 0. The highest BCUT2D eigenvalue weighted by Gasteiger charge is 1.92. The Labute approximate surface area is 133 Å². The van der Waals surface area contributed by atoms with Gasteiger partial charge in [-0.1, -0.05) is 126 Å². The predicted octanol–water partition coefficient (Wildman–Crippen LogP) is 8.46. The number of rotatable bonds is 13. The van der Waals surface area contributed by atoms with Crippen molar-refractivity contribution in [3.05, 3.63) is 0 Å². The number of unbranched alkanes of at least 4 members (excludes halogenated alkanes) is 13. The normalized spacial score (nSPS) is 10.1. The van der Waals surface area contributed by atoms with E-state index in [0.717, 1.165) is 0 Å². The maximum Gasteiger partial charge on any atom is 0.0713 e. The third kappa shape index (κ3) is 28.0. The highest BCUT2D eigenvalue weighted by atomic mass is 35.9. The largest absolute Gasteiger partial charge is 0.0818 e. The maximum absolute atomic E-state index is 4.79. The van der Waals surface area contributed by atoms with Crippen molar-refractivity contribution in [1.29, 1.82) is 0 Å². The molecule has 0 unspecified atom stereocenters. The zero-order valence-electron chi connectivity index (χ0n) is 13.2. The molecule has 0 rings (SSSR count). The van der Waals surface area contributed by atoms with Crippen molar-refractivity contribution < 1.29 is 0 Å². The van der Waals surface area contributed by atoms with Crippen molar-refractivity contribution in [3.63, 3.8) is 0 Å². The van der Waals surface area contributed by atoms with Gasteiger partial charge in [-0.3, -0.25) is 0 Å². The van der Waals surface area contributed by atoms with Gasteiger partial charge in [-0.25, -0.2) is 0 Å². The minimum Gasteiger partial charge on any atom is -0.0818 e. The Kier molecular flexibility index (Phi) is 28.2. The number of halogens is 2. The van der Waals surface area contributed by atoms with Crippen molar-refractivity contribution >= 4 is 29.8 Å². The molecule has 3 heteroatoms. The van der Waals surface area contributed by atoms with E-state index in [4.69, 9.17) is 22.5 Å². The lowest BCUT2D eigenvalue weighted by molar-refractivity contribution is 0.538. The first-order valence-corrected chi connectivity index (χ1v) is 11.3. The monoisotopic (exact) mass is 328 g/mol. The maximum atomic E-state index is 4.79. The summed E-state index contributed by atoms with van der Waals surface area (Å²) in [5.41, 5.74) is 0. The molecule has 0 bridgehead atoms. The molecule has 0 aromatic carbocycles. The molecule has 118 valence electrons. The lowest BCUT2D eigenvalue weighted by Gasteiger charge is -2.02. The molecule has 0 aliphatic carbocycles. The van der Waals surface area contributed by atoms with Gasteiger partial charge in [0.05, 0.1) is 7.29 Å². The Balaban J connectivity index is 0. The predicted molar refractivity (Wildman–Crippen MR) is 96.0 cm³/mol. The van der Waals surface area contributed by atoms with Gasteiger partial charge >= 0.3 is 0 Å². The molecule has 19 heavy (non-hydrogen) atoms. The third-order valence-electron chi connectivity index (χ3n) is 3.46. The van der Waals surface area contributed by atoms with E-state index in [2.05, 4.69) is 13.8 Å². The van der Waals surface area contributed by atoms with Crippen molar-refractivity contribution in [2.45, 2.75) is 104 Å². The molecule has 0 N–H and O–H groups in total. The first kappa shape index (κ1) is 22.3. The SMILES string of the molecule is CCCCCCCCCCCCCCCC.ClPCl. The molecule has 0 amide bonds. The molecule has 0 nitrogen and oxygen atoms in total. The topological polar surface area (TPSA) is 0 Å². The molecule has 0 saturated carbocycles. The summed E-state index contributed by atoms with van der Waals surface area (Å²) in [7, 11) is 0.0278. The molecule has 0 aliphatic rings. The second-order valence-electron chi connectivity index (χ2n) is 5.31. The molecule has 0 fully saturated rings. The fourth-order valence-electron chi connectivity index (χ4n) is 2.27. The van der Waals surface area contributed by atoms with E-state index in [1.165, 1.54) is 89.9 Å². The van der Waals surface area contributed by atoms with Crippen LogP contribution in [0.1, 0.15) is 104 Å². The van der Waals surface area contributed by atoms with Gasteiger partial charge in [0.1, 0.15) is 0 Å². The van der Waals surface area contributed by atoms with Crippen LogP contribution in [0.25, 0.3) is 0 Å². The van der Waals surface area contributed by atoms with E-state index in [0.29, 0.717) is 0 Å². The summed E-state index contributed by atoms with van der Waals surface area (Å²) in [6.45, 7) is 4.58. The molecule has 0 aliphatic heterocycles. The van der Waals surface area contributed by atoms with E-state index in [-0.39, 0.29) is 7.29 Å². The average molecular weight is 329 g/mol. The zero-order chi connectivity index (χ0) is 14.6. The molecule has 0 saturated heterocycles. The van der Waals surface area contributed by atoms with Gasteiger partial charge in [0.2, 0.25) is 0 Å². The smallest absolute Gasteiger partial charge is 0.0713 e. The standard InChI is InChI=1S/C16H34.Cl2HP/c1-3-5-7-9-11-13-15-16-14-12-10-8-6-4-2;1-3-2/h3-16H2,1-2H3;3H. The molecular formula is C16H35Cl2P. The highest BCUT2D eigenvalue weighted by molar-refractivity contribution is 7.90. The van der Waals surface area contributed by atoms with Gasteiger partial charge in [0.15, 0.2) is 0 Å². The highest BCUT2D eigenvalue weighted by Crippen LogP contribution is 2.19. The Morgan fingerprint density at radius 1 is 0.474 bits per heavy atom. The summed E-state index contributed by atoms with van der Waals surface area (Å²) in [6, 6.07) is 0. The average Bonchev–Trinajstić information content (AvgIpc) is 2.41.